The standard InChI is InChI=1S/C12H14BrClN4O2/c1-8(13)6-15-11(19)10-9(14)7-16-12(17-10)18-2-4-20-5-3-18/h7H,1-6H2,(H,15,19). The topological polar surface area (TPSA) is 67.4 Å². The molecule has 8 heteroatoms. The Morgan fingerprint density at radius 2 is 2.25 bits per heavy atom. The summed E-state index contributed by atoms with van der Waals surface area (Å²) in [5, 5.41) is 2.89. The summed E-state index contributed by atoms with van der Waals surface area (Å²) in [6.07, 6.45) is 1.44. The lowest BCUT2D eigenvalue weighted by Gasteiger charge is -2.26. The van der Waals surface area contributed by atoms with Crippen molar-refractivity contribution >= 4 is 39.4 Å². The highest BCUT2D eigenvalue weighted by Gasteiger charge is 2.18. The summed E-state index contributed by atoms with van der Waals surface area (Å²) in [7, 11) is 0. The van der Waals surface area contributed by atoms with Crippen LogP contribution in [0.2, 0.25) is 5.02 Å². The van der Waals surface area contributed by atoms with Crippen LogP contribution in [0.15, 0.2) is 17.3 Å². The van der Waals surface area contributed by atoms with Gasteiger partial charge in [-0.1, -0.05) is 34.1 Å². The minimum Gasteiger partial charge on any atom is -0.378 e. The maximum absolute atomic E-state index is 12.0. The van der Waals surface area contributed by atoms with Crippen LogP contribution in [0, 0.1) is 0 Å². The minimum absolute atomic E-state index is 0.164. The molecule has 1 aliphatic heterocycles. The van der Waals surface area contributed by atoms with Crippen molar-refractivity contribution in [1.29, 1.82) is 0 Å². The van der Waals surface area contributed by atoms with Crippen molar-refractivity contribution < 1.29 is 9.53 Å². The fraction of sp³-hybridized carbons (Fsp3) is 0.417. The highest BCUT2D eigenvalue weighted by Crippen LogP contribution is 2.17. The molecule has 0 atom stereocenters. The number of anilines is 1. The van der Waals surface area contributed by atoms with Gasteiger partial charge in [-0.25, -0.2) is 9.97 Å². The number of rotatable bonds is 4. The van der Waals surface area contributed by atoms with E-state index in [4.69, 9.17) is 16.3 Å². The van der Waals surface area contributed by atoms with Crippen LogP contribution in [0.25, 0.3) is 0 Å². The third kappa shape index (κ3) is 3.91. The number of amides is 1. The average Bonchev–Trinajstić information content (AvgIpc) is 2.46. The van der Waals surface area contributed by atoms with Gasteiger partial charge >= 0.3 is 0 Å². The van der Waals surface area contributed by atoms with Crippen LogP contribution in [-0.2, 0) is 4.74 Å². The highest BCUT2D eigenvalue weighted by molar-refractivity contribution is 9.11. The Morgan fingerprint density at radius 3 is 2.90 bits per heavy atom. The fourth-order valence-corrected chi connectivity index (χ4v) is 2.01. The number of carbonyl (C=O) groups is 1. The lowest BCUT2D eigenvalue weighted by atomic mass is 10.3. The predicted molar refractivity (Wildman–Crippen MR) is 80.5 cm³/mol. The summed E-state index contributed by atoms with van der Waals surface area (Å²) in [6.45, 7) is 6.59. The molecule has 1 N–H and O–H groups in total. The van der Waals surface area contributed by atoms with Crippen molar-refractivity contribution in [2.75, 3.05) is 37.7 Å². The maximum Gasteiger partial charge on any atom is 0.271 e. The normalized spacial score (nSPS) is 15.0. The van der Waals surface area contributed by atoms with Gasteiger partial charge in [0.15, 0.2) is 5.69 Å². The van der Waals surface area contributed by atoms with Crippen molar-refractivity contribution in [3.8, 4) is 0 Å². The fourth-order valence-electron chi connectivity index (χ4n) is 1.69. The maximum atomic E-state index is 12.0. The first-order valence-electron chi connectivity index (χ1n) is 6.04. The molecule has 1 amide bonds. The Balaban J connectivity index is 2.15. The van der Waals surface area contributed by atoms with Gasteiger partial charge in [0, 0.05) is 24.1 Å². The van der Waals surface area contributed by atoms with E-state index >= 15 is 0 Å². The monoisotopic (exact) mass is 360 g/mol. The Labute approximate surface area is 130 Å². The smallest absolute Gasteiger partial charge is 0.271 e. The number of hydrogen-bond acceptors (Lipinski definition) is 5. The van der Waals surface area contributed by atoms with Crippen LogP contribution in [0.5, 0.6) is 0 Å². The zero-order valence-corrected chi connectivity index (χ0v) is 13.1. The van der Waals surface area contributed by atoms with Gasteiger partial charge < -0.3 is 15.0 Å². The average molecular weight is 362 g/mol. The summed E-state index contributed by atoms with van der Waals surface area (Å²) in [6, 6.07) is 0. The lowest BCUT2D eigenvalue weighted by molar-refractivity contribution is 0.0952. The molecule has 1 aliphatic rings. The van der Waals surface area contributed by atoms with Crippen LogP contribution in [0.3, 0.4) is 0 Å². The molecule has 0 saturated carbocycles. The molecule has 6 nitrogen and oxygen atoms in total. The molecule has 0 aliphatic carbocycles. The van der Waals surface area contributed by atoms with Crippen molar-refractivity contribution in [2.45, 2.75) is 0 Å². The van der Waals surface area contributed by atoms with Gasteiger partial charge in [0.2, 0.25) is 5.95 Å². The number of nitrogens with one attached hydrogen (secondary N) is 1. The van der Waals surface area contributed by atoms with Crippen LogP contribution in [0.4, 0.5) is 5.95 Å². The second kappa shape index (κ2) is 7.01. The van der Waals surface area contributed by atoms with E-state index < -0.39 is 0 Å². The highest BCUT2D eigenvalue weighted by atomic mass is 79.9. The van der Waals surface area contributed by atoms with Gasteiger partial charge in [-0.2, -0.15) is 0 Å². The lowest BCUT2D eigenvalue weighted by Crippen LogP contribution is -2.38. The Morgan fingerprint density at radius 1 is 1.55 bits per heavy atom. The molecule has 1 aromatic rings. The van der Waals surface area contributed by atoms with Gasteiger partial charge in [-0.15, -0.1) is 0 Å². The molecule has 1 aromatic heterocycles. The van der Waals surface area contributed by atoms with Crippen molar-refractivity contribution in [3.63, 3.8) is 0 Å². The van der Waals surface area contributed by atoms with Crippen LogP contribution in [-0.4, -0.2) is 48.7 Å². The quantitative estimate of drug-likeness (QED) is 0.882. The van der Waals surface area contributed by atoms with E-state index in [1.165, 1.54) is 6.20 Å². The van der Waals surface area contributed by atoms with E-state index in [0.29, 0.717) is 43.3 Å². The molecule has 2 rings (SSSR count). The molecule has 1 saturated heterocycles. The molecule has 20 heavy (non-hydrogen) atoms. The number of carbonyl (C=O) groups excluding carboxylic acids is 1. The van der Waals surface area contributed by atoms with Crippen molar-refractivity contribution in [2.24, 2.45) is 0 Å². The molecule has 0 spiro atoms. The van der Waals surface area contributed by atoms with Crippen molar-refractivity contribution in [1.82, 2.24) is 15.3 Å². The first-order chi connectivity index (χ1) is 9.58. The summed E-state index contributed by atoms with van der Waals surface area (Å²) in [5.41, 5.74) is 0.164. The molecule has 2 heterocycles. The van der Waals surface area contributed by atoms with E-state index in [-0.39, 0.29) is 16.6 Å². The molecule has 0 unspecified atom stereocenters. The SMILES string of the molecule is C=C(Br)CNC(=O)c1nc(N2CCOCC2)ncc1Cl. The minimum atomic E-state index is -0.354. The summed E-state index contributed by atoms with van der Waals surface area (Å²) in [4.78, 5) is 22.4. The molecular formula is C12H14BrClN4O2. The molecule has 108 valence electrons. The van der Waals surface area contributed by atoms with Crippen molar-refractivity contribution in [3.05, 3.63) is 28.0 Å². The van der Waals surface area contributed by atoms with E-state index in [1.54, 1.807) is 0 Å². The summed E-state index contributed by atoms with van der Waals surface area (Å²) < 4.78 is 5.94. The third-order valence-corrected chi connectivity index (χ3v) is 3.24. The Bertz CT molecular complexity index is 520. The van der Waals surface area contributed by atoms with E-state index in [1.807, 2.05) is 4.90 Å². The number of ether oxygens (including phenoxy) is 1. The van der Waals surface area contributed by atoms with Gasteiger partial charge in [-0.3, -0.25) is 4.79 Å². The summed E-state index contributed by atoms with van der Waals surface area (Å²) in [5.74, 6) is 0.132. The molecular weight excluding hydrogens is 348 g/mol. The zero-order chi connectivity index (χ0) is 14.5. The van der Waals surface area contributed by atoms with Gasteiger partial charge in [0.05, 0.1) is 24.4 Å². The molecule has 1 fully saturated rings. The largest absolute Gasteiger partial charge is 0.378 e. The summed E-state index contributed by atoms with van der Waals surface area (Å²) >= 11 is 9.16. The number of halogens is 2. The first kappa shape index (κ1) is 15.2. The number of aromatic nitrogens is 2. The second-order valence-corrected chi connectivity index (χ2v) is 5.69. The van der Waals surface area contributed by atoms with Gasteiger partial charge in [-0.05, 0) is 0 Å². The number of nitrogens with zero attached hydrogens (tertiary/aromatic N) is 3. The van der Waals surface area contributed by atoms with E-state index in [9.17, 15) is 4.79 Å². The second-order valence-electron chi connectivity index (χ2n) is 4.17. The third-order valence-electron chi connectivity index (χ3n) is 2.68. The zero-order valence-electron chi connectivity index (χ0n) is 10.7. The number of hydrogen-bond donors (Lipinski definition) is 1. The Kier molecular flexibility index (Phi) is 5.33. The number of morpholine rings is 1. The van der Waals surface area contributed by atoms with Gasteiger partial charge in [0.25, 0.3) is 5.91 Å². The first-order valence-corrected chi connectivity index (χ1v) is 7.21. The van der Waals surface area contributed by atoms with E-state index in [2.05, 4.69) is 37.8 Å². The molecule has 0 bridgehead atoms. The predicted octanol–water partition coefficient (Wildman–Crippen LogP) is 1.60. The van der Waals surface area contributed by atoms with Crippen LogP contribution < -0.4 is 10.2 Å². The molecule has 0 radical (unpaired) electrons. The van der Waals surface area contributed by atoms with Gasteiger partial charge in [0.1, 0.15) is 0 Å². The van der Waals surface area contributed by atoms with E-state index in [0.717, 1.165) is 0 Å². The molecule has 0 aromatic carbocycles. The Hall–Kier alpha value is -1.18. The van der Waals surface area contributed by atoms with Crippen LogP contribution in [0.1, 0.15) is 10.5 Å². The van der Waals surface area contributed by atoms with Crippen LogP contribution >= 0.6 is 27.5 Å².